The first-order valence-electron chi connectivity index (χ1n) is 11.7. The average molecular weight is 487 g/mol. The summed E-state index contributed by atoms with van der Waals surface area (Å²) < 4.78 is 11.7. The molecule has 0 spiro atoms. The predicted molar refractivity (Wildman–Crippen MR) is 138 cm³/mol. The molecule has 0 aliphatic heterocycles. The van der Waals surface area contributed by atoms with Crippen molar-refractivity contribution in [1.29, 1.82) is 0 Å². The minimum Gasteiger partial charge on any atom is -0.508 e. The van der Waals surface area contributed by atoms with Gasteiger partial charge < -0.3 is 30.0 Å². The van der Waals surface area contributed by atoms with E-state index < -0.39 is 0 Å². The predicted octanol–water partition coefficient (Wildman–Crippen LogP) is 4.87. The van der Waals surface area contributed by atoms with E-state index in [4.69, 9.17) is 14.3 Å². The second-order valence-electron chi connectivity index (χ2n) is 8.18. The Morgan fingerprint density at radius 2 is 1.86 bits per heavy atom. The van der Waals surface area contributed by atoms with E-state index in [9.17, 15) is 5.11 Å². The quantitative estimate of drug-likeness (QED) is 0.202. The molecule has 0 radical (unpaired) electrons. The van der Waals surface area contributed by atoms with E-state index in [2.05, 4.69) is 30.6 Å². The van der Waals surface area contributed by atoms with Crippen LogP contribution in [-0.2, 0) is 0 Å². The van der Waals surface area contributed by atoms with Crippen LogP contribution in [0.4, 0.5) is 17.5 Å². The number of nitrogens with one attached hydrogen (secondary N) is 2. The Morgan fingerprint density at radius 1 is 0.944 bits per heavy atom. The Balaban J connectivity index is 1.45. The number of phenols is 1. The number of benzene rings is 1. The van der Waals surface area contributed by atoms with Gasteiger partial charge in [0.2, 0.25) is 11.8 Å². The van der Waals surface area contributed by atoms with E-state index in [0.717, 1.165) is 30.0 Å². The first kappa shape index (κ1) is 23.3. The van der Waals surface area contributed by atoms with Crippen LogP contribution in [0, 0.1) is 0 Å². The Labute approximate surface area is 207 Å². The summed E-state index contributed by atoms with van der Waals surface area (Å²) in [4.78, 5) is 18.1. The number of rotatable bonds is 10. The second-order valence-corrected chi connectivity index (χ2v) is 8.18. The molecule has 10 heteroatoms. The maximum atomic E-state index is 9.79. The van der Waals surface area contributed by atoms with Gasteiger partial charge in [-0.25, -0.2) is 15.0 Å². The van der Waals surface area contributed by atoms with Crippen molar-refractivity contribution >= 4 is 39.3 Å². The number of aliphatic hydroxyl groups excluding tert-OH is 1. The number of pyridine rings is 3. The molecule has 0 atom stereocenters. The summed E-state index contributed by atoms with van der Waals surface area (Å²) in [6, 6.07) is 12.2. The topological polar surface area (TPSA) is 138 Å². The molecule has 4 heterocycles. The lowest BCUT2D eigenvalue weighted by molar-refractivity contribution is 0.263. The fourth-order valence-electron chi connectivity index (χ4n) is 3.87. The van der Waals surface area contributed by atoms with Crippen LogP contribution >= 0.6 is 0 Å². The molecular formula is C26H26N6O4. The largest absolute Gasteiger partial charge is 0.508 e. The third-order valence-electron chi connectivity index (χ3n) is 5.64. The van der Waals surface area contributed by atoms with Gasteiger partial charge in [-0.1, -0.05) is 6.07 Å². The average Bonchev–Trinajstić information content (AvgIpc) is 3.31. The molecule has 5 rings (SSSR count). The summed E-state index contributed by atoms with van der Waals surface area (Å²) in [5, 5.41) is 26.6. The van der Waals surface area contributed by atoms with Crippen molar-refractivity contribution in [1.82, 2.24) is 19.9 Å². The van der Waals surface area contributed by atoms with Crippen LogP contribution in [0.1, 0.15) is 19.3 Å². The number of ether oxygens (including phenoxy) is 1. The monoisotopic (exact) mass is 486 g/mol. The maximum Gasteiger partial charge on any atom is 0.229 e. The SMILES string of the molecule is CNc1ncc(-c2nc3cc(O)ccc3o2)c2cc(Nc3cccc(OCCCCCO)n3)ncc12. The van der Waals surface area contributed by atoms with Crippen LogP contribution in [0.2, 0.25) is 0 Å². The molecule has 0 saturated carbocycles. The zero-order chi connectivity index (χ0) is 24.9. The summed E-state index contributed by atoms with van der Waals surface area (Å²) >= 11 is 0. The molecule has 0 saturated heterocycles. The fraction of sp³-hybridized carbons (Fsp3) is 0.231. The number of nitrogens with zero attached hydrogens (tertiary/aromatic N) is 4. The second kappa shape index (κ2) is 10.4. The number of aliphatic hydroxyl groups is 1. The van der Waals surface area contributed by atoms with E-state index in [1.165, 1.54) is 0 Å². The Bertz CT molecular complexity index is 1500. The molecule has 5 aromatic rings. The molecule has 0 bridgehead atoms. The molecule has 0 fully saturated rings. The van der Waals surface area contributed by atoms with Crippen molar-refractivity contribution in [2.75, 3.05) is 30.9 Å². The lowest BCUT2D eigenvalue weighted by atomic mass is 10.1. The molecule has 1 aromatic carbocycles. The molecule has 4 aromatic heterocycles. The van der Waals surface area contributed by atoms with Crippen LogP contribution in [0.25, 0.3) is 33.3 Å². The highest BCUT2D eigenvalue weighted by atomic mass is 16.5. The number of hydrogen-bond donors (Lipinski definition) is 4. The molecule has 0 unspecified atom stereocenters. The Kier molecular flexibility index (Phi) is 6.76. The van der Waals surface area contributed by atoms with Crippen LogP contribution in [0.3, 0.4) is 0 Å². The zero-order valence-electron chi connectivity index (χ0n) is 19.7. The third kappa shape index (κ3) is 4.98. The minimum atomic E-state index is 0.121. The molecule has 4 N–H and O–H groups in total. The van der Waals surface area contributed by atoms with Gasteiger partial charge in [-0.2, -0.15) is 4.98 Å². The normalized spacial score (nSPS) is 11.2. The number of oxazole rings is 1. The molecule has 10 nitrogen and oxygen atoms in total. The number of hydrogen-bond acceptors (Lipinski definition) is 10. The molecule has 184 valence electrons. The highest BCUT2D eigenvalue weighted by molar-refractivity contribution is 6.01. The van der Waals surface area contributed by atoms with Crippen molar-refractivity contribution in [3.8, 4) is 23.1 Å². The fourth-order valence-corrected chi connectivity index (χ4v) is 3.87. The van der Waals surface area contributed by atoms with E-state index in [0.29, 0.717) is 52.5 Å². The lowest BCUT2D eigenvalue weighted by Crippen LogP contribution is -2.02. The van der Waals surface area contributed by atoms with Gasteiger partial charge in [-0.3, -0.25) is 0 Å². The van der Waals surface area contributed by atoms with Gasteiger partial charge in [0.15, 0.2) is 5.58 Å². The summed E-state index contributed by atoms with van der Waals surface area (Å²) in [7, 11) is 1.80. The van der Waals surface area contributed by atoms with Gasteiger partial charge in [0.05, 0.1) is 12.2 Å². The number of unbranched alkanes of at least 4 members (excludes halogenated alkanes) is 2. The number of phenolic OH excluding ortho intramolecular Hbond substituents is 1. The molecular weight excluding hydrogens is 460 g/mol. The van der Waals surface area contributed by atoms with Crippen molar-refractivity contribution in [3.63, 3.8) is 0 Å². The van der Waals surface area contributed by atoms with Crippen LogP contribution in [-0.4, -0.2) is 50.4 Å². The van der Waals surface area contributed by atoms with E-state index in [1.54, 1.807) is 43.7 Å². The third-order valence-corrected chi connectivity index (χ3v) is 5.64. The summed E-state index contributed by atoms with van der Waals surface area (Å²) in [5.74, 6) is 2.88. The van der Waals surface area contributed by atoms with Gasteiger partial charge in [0.1, 0.15) is 28.7 Å². The van der Waals surface area contributed by atoms with Gasteiger partial charge >= 0.3 is 0 Å². The molecule has 0 aliphatic rings. The maximum absolute atomic E-state index is 9.79. The van der Waals surface area contributed by atoms with E-state index in [-0.39, 0.29) is 12.4 Å². The van der Waals surface area contributed by atoms with Crippen LogP contribution in [0.15, 0.2) is 59.3 Å². The van der Waals surface area contributed by atoms with Crippen molar-refractivity contribution < 1.29 is 19.4 Å². The Hall–Kier alpha value is -4.44. The van der Waals surface area contributed by atoms with Crippen molar-refractivity contribution in [2.24, 2.45) is 0 Å². The summed E-state index contributed by atoms with van der Waals surface area (Å²) in [6.45, 7) is 0.732. The molecule has 0 amide bonds. The molecule has 36 heavy (non-hydrogen) atoms. The summed E-state index contributed by atoms with van der Waals surface area (Å²) in [6.07, 6.45) is 5.96. The zero-order valence-corrected chi connectivity index (χ0v) is 19.7. The number of fused-ring (bicyclic) bond motifs is 2. The highest BCUT2D eigenvalue weighted by Crippen LogP contribution is 2.34. The van der Waals surface area contributed by atoms with Gasteiger partial charge in [0.25, 0.3) is 0 Å². The lowest BCUT2D eigenvalue weighted by Gasteiger charge is -2.11. The number of aromatic nitrogens is 4. The van der Waals surface area contributed by atoms with E-state index in [1.807, 2.05) is 18.2 Å². The standard InChI is InChI=1S/C26H26N6O4/c1-27-25-18-14-28-23(31-22-6-5-7-24(32-22)35-11-4-2-3-10-33)13-17(18)19(15-29-25)26-30-20-12-16(34)8-9-21(20)36-26/h5-9,12-15,33-34H,2-4,10-11H2,1H3,(H,27,29)(H,28,31,32). The van der Waals surface area contributed by atoms with Crippen LogP contribution in [0.5, 0.6) is 11.6 Å². The Morgan fingerprint density at radius 3 is 2.72 bits per heavy atom. The smallest absolute Gasteiger partial charge is 0.229 e. The van der Waals surface area contributed by atoms with Gasteiger partial charge in [0, 0.05) is 49.0 Å². The van der Waals surface area contributed by atoms with Gasteiger partial charge in [-0.15, -0.1) is 0 Å². The van der Waals surface area contributed by atoms with E-state index >= 15 is 0 Å². The first-order valence-corrected chi connectivity index (χ1v) is 11.7. The summed E-state index contributed by atoms with van der Waals surface area (Å²) in [5.41, 5.74) is 1.82. The van der Waals surface area contributed by atoms with Gasteiger partial charge in [-0.05, 0) is 43.5 Å². The minimum absolute atomic E-state index is 0.121. The number of aromatic hydroxyl groups is 1. The first-order chi connectivity index (χ1) is 17.6. The molecule has 0 aliphatic carbocycles. The van der Waals surface area contributed by atoms with Crippen molar-refractivity contribution in [3.05, 3.63) is 54.9 Å². The van der Waals surface area contributed by atoms with Crippen molar-refractivity contribution in [2.45, 2.75) is 19.3 Å². The highest BCUT2D eigenvalue weighted by Gasteiger charge is 2.16. The number of anilines is 3. The van der Waals surface area contributed by atoms with Crippen LogP contribution < -0.4 is 15.4 Å².